The number of anilines is 2. The predicted molar refractivity (Wildman–Crippen MR) is 106 cm³/mol. The van der Waals surface area contributed by atoms with Crippen LogP contribution in [0.5, 0.6) is 0 Å². The van der Waals surface area contributed by atoms with E-state index in [2.05, 4.69) is 16.5 Å². The number of nitriles is 1. The number of carbonyl (C=O) groups is 2. The molecule has 0 atom stereocenters. The molecule has 0 aliphatic rings. The van der Waals surface area contributed by atoms with Crippen LogP contribution < -0.4 is 21.6 Å². The van der Waals surface area contributed by atoms with Crippen molar-refractivity contribution in [2.75, 3.05) is 18.5 Å². The highest BCUT2D eigenvalue weighted by Crippen LogP contribution is 2.25. The van der Waals surface area contributed by atoms with Crippen molar-refractivity contribution in [2.45, 2.75) is 6.18 Å². The molecule has 13 heteroatoms. The van der Waals surface area contributed by atoms with Gasteiger partial charge in [0.25, 0.3) is 5.91 Å². The Morgan fingerprint density at radius 3 is 2.35 bits per heavy atom. The summed E-state index contributed by atoms with van der Waals surface area (Å²) in [5.74, 6) is -3.96. The zero-order valence-corrected chi connectivity index (χ0v) is 17.7. The van der Waals surface area contributed by atoms with Gasteiger partial charge in [0.2, 0.25) is 0 Å². The van der Waals surface area contributed by atoms with Crippen LogP contribution in [-0.2, 0) is 9.63 Å². The Bertz CT molecular complexity index is 980. The van der Waals surface area contributed by atoms with Crippen molar-refractivity contribution in [1.29, 1.82) is 5.26 Å². The summed E-state index contributed by atoms with van der Waals surface area (Å²) in [7, 11) is 0. The molecule has 0 aliphatic heterocycles. The Morgan fingerprint density at radius 2 is 1.84 bits per heavy atom. The molecular weight excluding hydrogens is 539 g/mol. The van der Waals surface area contributed by atoms with E-state index in [1.807, 2.05) is 28.7 Å². The fourth-order valence-electron chi connectivity index (χ4n) is 1.89. The highest BCUT2D eigenvalue weighted by molar-refractivity contribution is 14.1. The first-order valence-corrected chi connectivity index (χ1v) is 9.33. The number of hydroxylamine groups is 1. The van der Waals surface area contributed by atoms with Crippen molar-refractivity contribution >= 4 is 45.8 Å². The monoisotopic (exact) mass is 554 g/mol. The maximum atomic E-state index is 14.0. The van der Waals surface area contributed by atoms with E-state index in [1.165, 1.54) is 24.3 Å². The molecule has 8 nitrogen and oxygen atoms in total. The van der Waals surface area contributed by atoms with Gasteiger partial charge in [0.1, 0.15) is 24.9 Å². The Hall–Kier alpha value is -2.96. The number of hydrogen-bond donors (Lipinski definition) is 3. The summed E-state index contributed by atoms with van der Waals surface area (Å²) in [6.45, 7) is 0.781. The molecule has 2 aromatic carbocycles. The number of rotatable bonds is 6. The first kappa shape index (κ1) is 26.1. The maximum absolute atomic E-state index is 14.0. The second-order valence-electron chi connectivity index (χ2n) is 5.54. The Balaban J connectivity index is 0.000000592. The molecule has 5 N–H and O–H groups in total. The minimum absolute atomic E-state index is 0.207. The molecule has 0 aliphatic carbocycles. The van der Waals surface area contributed by atoms with Crippen LogP contribution in [0.2, 0.25) is 0 Å². The topological polar surface area (TPSA) is 142 Å². The van der Waals surface area contributed by atoms with Crippen LogP contribution in [0.3, 0.4) is 0 Å². The van der Waals surface area contributed by atoms with E-state index in [1.54, 1.807) is 12.1 Å². The Labute approximate surface area is 187 Å². The molecule has 0 aromatic heterocycles. The first-order valence-electron chi connectivity index (χ1n) is 8.25. The summed E-state index contributed by atoms with van der Waals surface area (Å²) < 4.78 is 46.3. The van der Waals surface area contributed by atoms with Crippen LogP contribution in [0.4, 0.5) is 28.9 Å². The van der Waals surface area contributed by atoms with Gasteiger partial charge >= 0.3 is 6.18 Å². The molecule has 0 unspecified atom stereocenters. The number of aliphatic carboxylic acids is 1. The molecule has 31 heavy (non-hydrogen) atoms. The van der Waals surface area contributed by atoms with Crippen molar-refractivity contribution in [3.8, 4) is 6.07 Å². The number of benzene rings is 2. The van der Waals surface area contributed by atoms with Gasteiger partial charge in [0.15, 0.2) is 0 Å². The lowest BCUT2D eigenvalue weighted by Gasteiger charge is -2.13. The van der Waals surface area contributed by atoms with E-state index in [-0.39, 0.29) is 17.9 Å². The van der Waals surface area contributed by atoms with E-state index in [0.717, 1.165) is 3.57 Å². The molecule has 0 heterocycles. The van der Waals surface area contributed by atoms with Gasteiger partial charge in [0, 0.05) is 3.57 Å². The van der Waals surface area contributed by atoms with Crippen LogP contribution in [-0.4, -0.2) is 31.2 Å². The molecule has 166 valence electrons. The molecule has 2 aromatic rings. The third kappa shape index (κ3) is 8.74. The average Bonchev–Trinajstić information content (AvgIpc) is 2.69. The number of nitrogens with zero attached hydrogens (tertiary/aromatic N) is 1. The summed E-state index contributed by atoms with van der Waals surface area (Å²) in [5.41, 5.74) is 6.99. The predicted octanol–water partition coefficient (Wildman–Crippen LogP) is 1.25. The summed E-state index contributed by atoms with van der Waals surface area (Å²) in [6, 6.07) is 11.1. The molecular formula is C18H15F4IN4O4. The molecule has 1 amide bonds. The van der Waals surface area contributed by atoms with Crippen molar-refractivity contribution in [3.63, 3.8) is 0 Å². The van der Waals surface area contributed by atoms with Crippen LogP contribution in [0, 0.1) is 20.7 Å². The van der Waals surface area contributed by atoms with Gasteiger partial charge in [0.05, 0.1) is 28.6 Å². The zero-order valence-electron chi connectivity index (χ0n) is 15.6. The highest BCUT2D eigenvalue weighted by atomic mass is 127. The quantitative estimate of drug-likeness (QED) is 0.213. The number of amides is 1. The third-order valence-corrected chi connectivity index (χ3v) is 3.91. The largest absolute Gasteiger partial charge is 0.542 e. The van der Waals surface area contributed by atoms with Crippen LogP contribution >= 0.6 is 22.6 Å². The van der Waals surface area contributed by atoms with E-state index in [0.29, 0.717) is 17.8 Å². The van der Waals surface area contributed by atoms with Gasteiger partial charge in [-0.2, -0.15) is 18.4 Å². The fraction of sp³-hybridized carbons (Fsp3) is 0.167. The van der Waals surface area contributed by atoms with Gasteiger partial charge in [-0.3, -0.25) is 9.63 Å². The highest BCUT2D eigenvalue weighted by Gasteiger charge is 2.28. The lowest BCUT2D eigenvalue weighted by atomic mass is 10.1. The summed E-state index contributed by atoms with van der Waals surface area (Å²) in [5, 5.41) is 20.7. The normalized spacial score (nSPS) is 10.4. The number of carboxylic acid groups (broad SMARTS) is 1. The maximum Gasteiger partial charge on any atom is 0.430 e. The van der Waals surface area contributed by atoms with Crippen molar-refractivity contribution in [2.24, 2.45) is 0 Å². The number of carboxylic acids is 1. The number of carbonyl (C=O) groups excluding carboxylic acids is 2. The fourth-order valence-corrected chi connectivity index (χ4v) is 2.35. The lowest BCUT2D eigenvalue weighted by molar-refractivity contribution is -0.375. The number of hydrogen-bond acceptors (Lipinski definition) is 6. The number of nitrogens with one attached hydrogen (secondary N) is 2. The van der Waals surface area contributed by atoms with Gasteiger partial charge in [-0.1, -0.05) is 0 Å². The molecule has 0 fully saturated rings. The SMILES string of the molecule is N#Cc1ccc(C(=O)NOCC[NH3+])c(Nc2ccc(I)cc2F)c1.O=C([O-])C(F)(F)F. The molecule has 0 radical (unpaired) electrons. The third-order valence-electron chi connectivity index (χ3n) is 3.24. The minimum atomic E-state index is -5.19. The van der Waals surface area contributed by atoms with Gasteiger partial charge < -0.3 is 21.0 Å². The summed E-state index contributed by atoms with van der Waals surface area (Å²) in [4.78, 5) is 25.9. The minimum Gasteiger partial charge on any atom is -0.542 e. The van der Waals surface area contributed by atoms with E-state index in [4.69, 9.17) is 20.0 Å². The zero-order chi connectivity index (χ0) is 23.6. The number of quaternary nitrogens is 1. The van der Waals surface area contributed by atoms with Crippen LogP contribution in [0.1, 0.15) is 15.9 Å². The van der Waals surface area contributed by atoms with Crippen molar-refractivity contribution in [3.05, 3.63) is 56.9 Å². The lowest BCUT2D eigenvalue weighted by Crippen LogP contribution is -2.53. The smallest absolute Gasteiger partial charge is 0.430 e. The first-order chi connectivity index (χ1) is 14.5. The summed E-state index contributed by atoms with van der Waals surface area (Å²) >= 11 is 2.00. The van der Waals surface area contributed by atoms with Gasteiger partial charge in [-0.25, -0.2) is 9.87 Å². The molecule has 0 saturated carbocycles. The molecule has 0 saturated heterocycles. The number of halogens is 5. The van der Waals surface area contributed by atoms with E-state index < -0.39 is 23.9 Å². The van der Waals surface area contributed by atoms with Crippen LogP contribution in [0.15, 0.2) is 36.4 Å². The second kappa shape index (κ2) is 12.0. The van der Waals surface area contributed by atoms with E-state index in [9.17, 15) is 22.4 Å². The van der Waals surface area contributed by atoms with E-state index >= 15 is 0 Å². The Morgan fingerprint density at radius 1 is 1.19 bits per heavy atom. The molecule has 2 rings (SSSR count). The number of alkyl halides is 3. The van der Waals surface area contributed by atoms with Crippen LogP contribution in [0.25, 0.3) is 0 Å². The molecule has 0 spiro atoms. The van der Waals surface area contributed by atoms with Gasteiger partial charge in [-0.05, 0) is 59.0 Å². The van der Waals surface area contributed by atoms with Gasteiger partial charge in [-0.15, -0.1) is 0 Å². The average molecular weight is 554 g/mol. The van der Waals surface area contributed by atoms with Crippen molar-refractivity contribution < 1.29 is 42.8 Å². The summed E-state index contributed by atoms with van der Waals surface area (Å²) in [6.07, 6.45) is -5.19. The standard InChI is InChI=1S/C16H14FIN4O2.C2HF3O2/c17-13-8-11(18)2-4-14(13)21-15-7-10(9-20)1-3-12(15)16(23)22-24-6-5-19;3-2(4,5)1(6)7/h1-4,7-8,21H,5-6,19H2,(H,22,23);(H,6,7). The van der Waals surface area contributed by atoms with Crippen molar-refractivity contribution in [1.82, 2.24) is 5.48 Å². The Kier molecular flexibility index (Phi) is 10.1. The molecule has 0 bridgehead atoms. The second-order valence-corrected chi connectivity index (χ2v) is 6.79.